The molecule has 1 nitrogen and oxygen atoms in total. The first-order valence-electron chi connectivity index (χ1n) is 5.15. The summed E-state index contributed by atoms with van der Waals surface area (Å²) >= 11 is 0. The molecule has 2 rings (SSSR count). The maximum Gasteiger partial charge on any atom is 0.115 e. The lowest BCUT2D eigenvalue weighted by Crippen LogP contribution is -1.72. The molecule has 0 spiro atoms. The minimum atomic E-state index is 0.322. The number of phenols is 1. The molecule has 0 aromatic heterocycles. The van der Waals surface area contributed by atoms with Crippen molar-refractivity contribution in [1.29, 1.82) is 0 Å². The molecular weight excluding hydrogens is 196 g/mol. The first kappa shape index (κ1) is 12.1. The molecule has 0 aliphatic rings. The molecule has 82 valence electrons. The third-order valence-electron chi connectivity index (χ3n) is 2.02. The summed E-state index contributed by atoms with van der Waals surface area (Å²) in [6.45, 7) is 5.83. The number of hydrogen-bond acceptors (Lipinski definition) is 1. The van der Waals surface area contributed by atoms with E-state index in [4.69, 9.17) is 5.11 Å². The second kappa shape index (κ2) is 6.46. The third kappa shape index (κ3) is 4.47. The molecule has 0 heterocycles. The Morgan fingerprint density at radius 2 is 1.31 bits per heavy atom. The number of para-hydroxylation sites is 1. The van der Waals surface area contributed by atoms with Crippen LogP contribution in [0.3, 0.4) is 0 Å². The van der Waals surface area contributed by atoms with Crippen LogP contribution < -0.4 is 0 Å². The van der Waals surface area contributed by atoms with Gasteiger partial charge in [-0.15, -0.1) is 0 Å². The van der Waals surface area contributed by atoms with Crippen molar-refractivity contribution >= 4 is 5.57 Å². The zero-order valence-electron chi connectivity index (χ0n) is 9.43. The molecule has 16 heavy (non-hydrogen) atoms. The zero-order chi connectivity index (χ0) is 11.8. The molecule has 0 aliphatic heterocycles. The quantitative estimate of drug-likeness (QED) is 0.754. The van der Waals surface area contributed by atoms with Crippen LogP contribution in [0.15, 0.2) is 67.2 Å². The average molecular weight is 212 g/mol. The lowest BCUT2D eigenvalue weighted by molar-refractivity contribution is 0.475. The molecule has 0 aliphatic carbocycles. The van der Waals surface area contributed by atoms with Crippen molar-refractivity contribution in [2.24, 2.45) is 0 Å². The minimum absolute atomic E-state index is 0.322. The predicted molar refractivity (Wildman–Crippen MR) is 69.3 cm³/mol. The van der Waals surface area contributed by atoms with Gasteiger partial charge in [-0.2, -0.15) is 0 Å². The van der Waals surface area contributed by atoms with Crippen molar-refractivity contribution in [1.82, 2.24) is 0 Å². The van der Waals surface area contributed by atoms with Crippen LogP contribution in [0.1, 0.15) is 12.5 Å². The van der Waals surface area contributed by atoms with Gasteiger partial charge in [0.15, 0.2) is 0 Å². The van der Waals surface area contributed by atoms with Gasteiger partial charge in [-0.1, -0.05) is 60.7 Å². The smallest absolute Gasteiger partial charge is 0.115 e. The normalized spacial score (nSPS) is 8.81. The molecule has 0 atom stereocenters. The second-order valence-electron chi connectivity index (χ2n) is 3.48. The number of hydrogen-bond donors (Lipinski definition) is 1. The number of benzene rings is 2. The molecule has 1 N–H and O–H groups in total. The Hall–Kier alpha value is -2.02. The van der Waals surface area contributed by atoms with E-state index in [1.54, 1.807) is 24.3 Å². The topological polar surface area (TPSA) is 20.2 Å². The minimum Gasteiger partial charge on any atom is -0.508 e. The Balaban J connectivity index is 0.000000165. The Kier molecular flexibility index (Phi) is 4.87. The van der Waals surface area contributed by atoms with Crippen LogP contribution in [0.2, 0.25) is 0 Å². The predicted octanol–water partition coefficient (Wildman–Crippen LogP) is 4.11. The molecule has 0 amide bonds. The van der Waals surface area contributed by atoms with E-state index in [1.807, 2.05) is 31.2 Å². The molecule has 2 aromatic carbocycles. The molecular formula is C15H16O. The molecule has 0 unspecified atom stereocenters. The lowest BCUT2D eigenvalue weighted by Gasteiger charge is -1.94. The van der Waals surface area contributed by atoms with Crippen LogP contribution in [-0.2, 0) is 0 Å². The molecule has 0 saturated heterocycles. The van der Waals surface area contributed by atoms with Crippen LogP contribution in [0, 0.1) is 0 Å². The van der Waals surface area contributed by atoms with Crippen LogP contribution in [0.5, 0.6) is 5.75 Å². The highest BCUT2D eigenvalue weighted by Gasteiger charge is 1.86. The monoisotopic (exact) mass is 212 g/mol. The number of phenolic OH excluding ortho intramolecular Hbond substituents is 1. The first-order chi connectivity index (χ1) is 7.70. The molecule has 0 bridgehead atoms. The fraction of sp³-hybridized carbons (Fsp3) is 0.0667. The van der Waals surface area contributed by atoms with Gasteiger partial charge >= 0.3 is 0 Å². The van der Waals surface area contributed by atoms with Gasteiger partial charge in [0, 0.05) is 0 Å². The highest BCUT2D eigenvalue weighted by molar-refractivity contribution is 5.60. The van der Waals surface area contributed by atoms with E-state index in [-0.39, 0.29) is 0 Å². The van der Waals surface area contributed by atoms with Crippen molar-refractivity contribution in [3.05, 3.63) is 72.8 Å². The van der Waals surface area contributed by atoms with E-state index >= 15 is 0 Å². The standard InChI is InChI=1S/C9H10.C6H6O/c1-8(2)9-6-4-3-5-7-9;7-6-4-2-1-3-5-6/h3-7H,1H2,2H3;1-5,7H. The van der Waals surface area contributed by atoms with E-state index in [2.05, 4.69) is 18.7 Å². The van der Waals surface area contributed by atoms with Crippen molar-refractivity contribution in [2.45, 2.75) is 6.92 Å². The van der Waals surface area contributed by atoms with Crippen LogP contribution in [0.4, 0.5) is 0 Å². The summed E-state index contributed by atoms with van der Waals surface area (Å²) in [7, 11) is 0. The van der Waals surface area contributed by atoms with Gasteiger partial charge in [0.05, 0.1) is 0 Å². The maximum atomic E-state index is 8.63. The molecule has 2 aromatic rings. The Morgan fingerprint density at radius 3 is 1.56 bits per heavy atom. The van der Waals surface area contributed by atoms with Gasteiger partial charge in [-0.25, -0.2) is 0 Å². The van der Waals surface area contributed by atoms with E-state index < -0.39 is 0 Å². The van der Waals surface area contributed by atoms with Crippen LogP contribution >= 0.6 is 0 Å². The summed E-state index contributed by atoms with van der Waals surface area (Å²) in [6.07, 6.45) is 0. The van der Waals surface area contributed by atoms with Gasteiger partial charge in [-0.3, -0.25) is 0 Å². The van der Waals surface area contributed by atoms with Gasteiger partial charge < -0.3 is 5.11 Å². The van der Waals surface area contributed by atoms with E-state index in [1.165, 1.54) is 5.56 Å². The largest absolute Gasteiger partial charge is 0.508 e. The van der Waals surface area contributed by atoms with E-state index in [0.29, 0.717) is 5.75 Å². The highest BCUT2D eigenvalue weighted by atomic mass is 16.3. The van der Waals surface area contributed by atoms with E-state index in [0.717, 1.165) is 5.57 Å². The number of aromatic hydroxyl groups is 1. The van der Waals surface area contributed by atoms with Gasteiger partial charge in [0.2, 0.25) is 0 Å². The van der Waals surface area contributed by atoms with Gasteiger partial charge in [-0.05, 0) is 24.6 Å². The van der Waals surface area contributed by atoms with Crippen LogP contribution in [0.25, 0.3) is 5.57 Å². The second-order valence-corrected chi connectivity index (χ2v) is 3.48. The van der Waals surface area contributed by atoms with E-state index in [9.17, 15) is 0 Å². The van der Waals surface area contributed by atoms with Crippen LogP contribution in [-0.4, -0.2) is 5.11 Å². The summed E-state index contributed by atoms with van der Waals surface area (Å²) in [5.74, 6) is 0.322. The molecule has 0 saturated carbocycles. The SMILES string of the molecule is C=C(C)c1ccccc1.Oc1ccccc1. The number of rotatable bonds is 1. The highest BCUT2D eigenvalue weighted by Crippen LogP contribution is 2.08. The Labute approximate surface area is 96.7 Å². The van der Waals surface area contributed by atoms with Crippen molar-refractivity contribution in [3.8, 4) is 5.75 Å². The Morgan fingerprint density at radius 1 is 0.875 bits per heavy atom. The Bertz CT molecular complexity index is 418. The molecule has 1 heteroatoms. The summed E-state index contributed by atoms with van der Waals surface area (Å²) in [5.41, 5.74) is 2.34. The maximum absolute atomic E-state index is 8.63. The summed E-state index contributed by atoms with van der Waals surface area (Å²) in [5, 5.41) is 8.63. The fourth-order valence-corrected chi connectivity index (χ4v) is 1.15. The summed E-state index contributed by atoms with van der Waals surface area (Å²) < 4.78 is 0. The van der Waals surface area contributed by atoms with Gasteiger partial charge in [0.25, 0.3) is 0 Å². The fourth-order valence-electron chi connectivity index (χ4n) is 1.15. The van der Waals surface area contributed by atoms with Gasteiger partial charge in [0.1, 0.15) is 5.75 Å². The van der Waals surface area contributed by atoms with Crippen molar-refractivity contribution < 1.29 is 5.11 Å². The van der Waals surface area contributed by atoms with Crippen molar-refractivity contribution in [3.63, 3.8) is 0 Å². The summed E-state index contributed by atoms with van der Waals surface area (Å²) in [4.78, 5) is 0. The summed E-state index contributed by atoms with van der Waals surface area (Å²) in [6, 6.07) is 18.9. The molecule has 0 radical (unpaired) electrons. The lowest BCUT2D eigenvalue weighted by atomic mass is 10.1. The van der Waals surface area contributed by atoms with Crippen molar-refractivity contribution in [2.75, 3.05) is 0 Å². The number of allylic oxidation sites excluding steroid dienone is 1. The molecule has 0 fully saturated rings. The average Bonchev–Trinajstić information content (AvgIpc) is 2.32. The third-order valence-corrected chi connectivity index (χ3v) is 2.02. The first-order valence-corrected chi connectivity index (χ1v) is 5.15. The zero-order valence-corrected chi connectivity index (χ0v) is 9.43.